The molecule has 1 radical (unpaired) electrons. The average molecular weight is 1040 g/mol. The molecule has 0 atom stereocenters. The normalized spacial score (nSPS) is 11.3. The fraction of sp³-hybridized carbons (Fsp3) is 0.0862. The predicted molar refractivity (Wildman–Crippen MR) is 266 cm³/mol. The van der Waals surface area contributed by atoms with Crippen LogP contribution in [0.3, 0.4) is 0 Å². The van der Waals surface area contributed by atoms with Crippen molar-refractivity contribution in [2.24, 2.45) is 7.05 Å². The van der Waals surface area contributed by atoms with Gasteiger partial charge >= 0.3 is 5.65 Å². The minimum atomic E-state index is -1.23. The average Bonchev–Trinajstić information content (AvgIpc) is 3.91. The zero-order valence-corrected chi connectivity index (χ0v) is 40.4. The van der Waals surface area contributed by atoms with Crippen LogP contribution in [0.4, 0.5) is 0 Å². The number of pyridine rings is 2. The van der Waals surface area contributed by atoms with Gasteiger partial charge in [0.25, 0.3) is 0 Å². The third kappa shape index (κ3) is 8.54. The quantitative estimate of drug-likeness (QED) is 0.0908. The molecular weight excluding hydrogens is 989 g/mol. The predicted octanol–water partition coefficient (Wildman–Crippen LogP) is 13.6. The molecule has 11 rings (SSSR count). The van der Waals surface area contributed by atoms with Crippen LogP contribution < -0.4 is 9.75 Å². The summed E-state index contributed by atoms with van der Waals surface area (Å²) in [4.78, 5) is 9.92. The summed E-state index contributed by atoms with van der Waals surface area (Å²) in [7, 11) is 0.873. The fourth-order valence-electron chi connectivity index (χ4n) is 8.62. The molecule has 4 aromatic heterocycles. The third-order valence-electron chi connectivity index (χ3n) is 11.8. The van der Waals surface area contributed by atoms with Crippen LogP contribution in [0.5, 0.6) is 0 Å². The topological polar surface area (TPSA) is 47.7 Å². The molecular formula is C58H47IrN4OSi-. The first-order chi connectivity index (χ1) is 31.2. The molecule has 7 heteroatoms. The number of hydrogen-bond donors (Lipinski definition) is 0. The first-order valence-electron chi connectivity index (χ1n) is 21.7. The van der Waals surface area contributed by atoms with Crippen LogP contribution in [-0.2, 0) is 27.2 Å². The Hall–Kier alpha value is -7.02. The van der Waals surface area contributed by atoms with Gasteiger partial charge in [0.05, 0.1) is 26.9 Å². The Bertz CT molecular complexity index is 3360. The summed E-state index contributed by atoms with van der Waals surface area (Å²) in [6.07, 6.45) is 4.18. The van der Waals surface area contributed by atoms with Gasteiger partial charge in [-0.3, -0.25) is 0 Å². The molecule has 0 amide bonds. The standard InChI is InChI=1S/C44H31N3O.C14H16NSi.Ir/c1-29-25-39-44(46(2)28-29)47(43(45-39)36-23-14-22-35-34-21-12-13-24-40(34)48-42(35)36)41-37(31-17-8-4-9-18-31)26-33(30-15-6-3-7-16-30)27-38(41)32-19-10-5-11-20-32;1-16(2,3)13-9-10-14(15-11-13)12-7-5-4-6-8-12;/h3-22,24-28H,1-2H3;4-7,9-11H,1-3H3;/q;-1;. The van der Waals surface area contributed by atoms with Crippen molar-refractivity contribution in [1.82, 2.24) is 14.5 Å². The van der Waals surface area contributed by atoms with Crippen molar-refractivity contribution in [3.8, 4) is 61.7 Å². The molecule has 4 heterocycles. The van der Waals surface area contributed by atoms with Crippen molar-refractivity contribution >= 4 is 46.4 Å². The fourth-order valence-corrected chi connectivity index (χ4v) is 9.65. The zero-order chi connectivity index (χ0) is 43.8. The summed E-state index contributed by atoms with van der Waals surface area (Å²) in [5, 5.41) is 3.52. The number of fused-ring (bicyclic) bond motifs is 4. The molecule has 11 aromatic rings. The maximum absolute atomic E-state index is 6.59. The minimum absolute atomic E-state index is 0. The summed E-state index contributed by atoms with van der Waals surface area (Å²) in [6.45, 7) is 9.11. The van der Waals surface area contributed by atoms with Gasteiger partial charge in [-0.1, -0.05) is 146 Å². The van der Waals surface area contributed by atoms with E-state index in [0.717, 1.165) is 100 Å². The van der Waals surface area contributed by atoms with E-state index < -0.39 is 8.07 Å². The first kappa shape index (κ1) is 43.2. The van der Waals surface area contributed by atoms with E-state index in [9.17, 15) is 0 Å². The van der Waals surface area contributed by atoms with E-state index in [0.29, 0.717) is 0 Å². The second kappa shape index (κ2) is 18.2. The van der Waals surface area contributed by atoms with Gasteiger partial charge in [-0.25, -0.2) is 14.1 Å². The molecule has 0 bridgehead atoms. The number of furan rings is 1. The number of rotatable bonds is 7. The molecule has 0 aliphatic rings. The van der Waals surface area contributed by atoms with E-state index in [-0.39, 0.29) is 20.1 Å². The smallest absolute Gasteiger partial charge is 0.304 e. The molecule has 0 aliphatic heterocycles. The Kier molecular flexibility index (Phi) is 12.1. The number of hydrogen-bond acceptors (Lipinski definition) is 3. The zero-order valence-electron chi connectivity index (χ0n) is 37.0. The summed E-state index contributed by atoms with van der Waals surface area (Å²) < 4.78 is 11.1. The van der Waals surface area contributed by atoms with E-state index >= 15 is 0 Å². The number of benzene rings is 7. The Labute approximate surface area is 395 Å². The van der Waals surface area contributed by atoms with Crippen LogP contribution in [-0.4, -0.2) is 22.6 Å². The SMILES string of the molecule is C[Si](C)(C)c1ccc(-c2[c-]cccc2)nc1.Cc1cc2nc(-c3[c-]ccc4c3oc3ccccc34)n(-c3c(-c4ccccc4)cc(-c4ccccc4)cc3-c3ccccc3)c2[n+](C)c1.[Ir]. The van der Waals surface area contributed by atoms with Gasteiger partial charge in [0.15, 0.2) is 5.82 Å². The Morgan fingerprint density at radius 2 is 1.25 bits per heavy atom. The largest absolute Gasteiger partial charge is 0.500 e. The monoisotopic (exact) mass is 1040 g/mol. The van der Waals surface area contributed by atoms with E-state index in [1.807, 2.05) is 48.7 Å². The number of imidazole rings is 1. The molecule has 65 heavy (non-hydrogen) atoms. The van der Waals surface area contributed by atoms with Crippen molar-refractivity contribution in [3.05, 3.63) is 212 Å². The molecule has 0 N–H and O–H groups in total. The number of aromatic nitrogens is 4. The van der Waals surface area contributed by atoms with Crippen LogP contribution >= 0.6 is 0 Å². The number of nitrogens with zero attached hydrogens (tertiary/aromatic N) is 4. The van der Waals surface area contributed by atoms with Gasteiger partial charge < -0.3 is 9.40 Å². The van der Waals surface area contributed by atoms with Crippen LogP contribution in [0, 0.1) is 19.1 Å². The Morgan fingerprint density at radius 3 is 1.86 bits per heavy atom. The third-order valence-corrected chi connectivity index (χ3v) is 13.8. The molecule has 0 saturated heterocycles. The van der Waals surface area contributed by atoms with Crippen molar-refractivity contribution in [3.63, 3.8) is 0 Å². The molecule has 319 valence electrons. The van der Waals surface area contributed by atoms with Gasteiger partial charge in [0, 0.05) is 42.8 Å². The summed E-state index contributed by atoms with van der Waals surface area (Å²) in [6, 6.07) is 70.0. The summed E-state index contributed by atoms with van der Waals surface area (Å²) in [5.74, 6) is 0.776. The molecule has 0 saturated carbocycles. The van der Waals surface area contributed by atoms with Gasteiger partial charge in [0.2, 0.25) is 0 Å². The first-order valence-corrected chi connectivity index (χ1v) is 25.2. The molecule has 0 unspecified atom stereocenters. The molecule has 5 nitrogen and oxygen atoms in total. The number of aryl methyl sites for hydroxylation is 2. The van der Waals surface area contributed by atoms with Crippen molar-refractivity contribution in [2.75, 3.05) is 0 Å². The van der Waals surface area contributed by atoms with Gasteiger partial charge in [-0.15, -0.1) is 54.1 Å². The molecule has 0 spiro atoms. The van der Waals surface area contributed by atoms with Crippen LogP contribution in [0.2, 0.25) is 19.6 Å². The Balaban J connectivity index is 0.000000266. The molecule has 0 fully saturated rings. The van der Waals surface area contributed by atoms with Gasteiger partial charge in [-0.2, -0.15) is 0 Å². The maximum Gasteiger partial charge on any atom is 0.304 e. The second-order valence-electron chi connectivity index (χ2n) is 17.3. The van der Waals surface area contributed by atoms with Crippen LogP contribution in [0.1, 0.15) is 5.56 Å². The Morgan fingerprint density at radius 1 is 0.615 bits per heavy atom. The van der Waals surface area contributed by atoms with E-state index in [4.69, 9.17) is 9.40 Å². The van der Waals surface area contributed by atoms with Crippen molar-refractivity contribution in [2.45, 2.75) is 26.6 Å². The van der Waals surface area contributed by atoms with Crippen molar-refractivity contribution < 1.29 is 29.1 Å². The van der Waals surface area contributed by atoms with E-state index in [2.05, 4.69) is 206 Å². The second-order valence-corrected chi connectivity index (χ2v) is 22.4. The summed E-state index contributed by atoms with van der Waals surface area (Å²) in [5.41, 5.74) is 15.3. The van der Waals surface area contributed by atoms with E-state index in [1.54, 1.807) is 0 Å². The van der Waals surface area contributed by atoms with Crippen LogP contribution in [0.15, 0.2) is 199 Å². The van der Waals surface area contributed by atoms with Crippen molar-refractivity contribution in [1.29, 1.82) is 0 Å². The molecule has 7 aromatic carbocycles. The summed E-state index contributed by atoms with van der Waals surface area (Å²) >= 11 is 0. The van der Waals surface area contributed by atoms with E-state index in [1.165, 1.54) is 5.19 Å². The number of para-hydroxylation sites is 1. The van der Waals surface area contributed by atoms with Gasteiger partial charge in [-0.05, 0) is 75.5 Å². The minimum Gasteiger partial charge on any atom is -0.500 e. The maximum atomic E-state index is 6.59. The van der Waals surface area contributed by atoms with Crippen LogP contribution in [0.25, 0.3) is 94.8 Å². The van der Waals surface area contributed by atoms with Gasteiger partial charge in [0.1, 0.15) is 16.8 Å². The molecule has 0 aliphatic carbocycles.